The van der Waals surface area contributed by atoms with E-state index in [0.717, 1.165) is 0 Å². The number of hydrogen-bond donors (Lipinski definition) is 1. The molecule has 0 saturated carbocycles. The molecule has 1 aliphatic heterocycles. The van der Waals surface area contributed by atoms with Crippen LogP contribution in [0.5, 0.6) is 0 Å². The number of alkyl carbamates (subject to hydrolysis) is 1. The van der Waals surface area contributed by atoms with Crippen molar-refractivity contribution in [3.05, 3.63) is 40.1 Å². The summed E-state index contributed by atoms with van der Waals surface area (Å²) in [6, 6.07) is 4.40. The Morgan fingerprint density at radius 1 is 1.25 bits per heavy atom. The second-order valence-electron chi connectivity index (χ2n) is 8.84. The van der Waals surface area contributed by atoms with Gasteiger partial charge in [0, 0.05) is 6.54 Å². The Morgan fingerprint density at radius 2 is 1.82 bits per heavy atom. The van der Waals surface area contributed by atoms with E-state index in [1.807, 2.05) is 27.7 Å². The summed E-state index contributed by atoms with van der Waals surface area (Å²) >= 11 is 5.89. The van der Waals surface area contributed by atoms with Crippen molar-refractivity contribution in [3.8, 4) is 0 Å². The molecular weight excluding hydrogens is 383 g/mol. The number of benzene rings is 1. The minimum absolute atomic E-state index is 0.0159. The molecule has 1 fully saturated rings. The van der Waals surface area contributed by atoms with Gasteiger partial charge in [0.25, 0.3) is 0 Å². The van der Waals surface area contributed by atoms with E-state index in [1.165, 1.54) is 12.1 Å². The lowest BCUT2D eigenvalue weighted by Crippen LogP contribution is -2.41. The standard InChI is InChI=1S/C20H28BClFNO4/c1-18(2,3)26-17(25)24-12-14(10-13-8-9-16(23)15(22)11-13)21-27-19(4,5)20(6,7)28-21/h8-11H,12H2,1-7H3,(H,24,25). The molecule has 2 rings (SSSR count). The van der Waals surface area contributed by atoms with E-state index in [0.29, 0.717) is 11.0 Å². The average Bonchev–Trinajstić information content (AvgIpc) is 2.73. The Hall–Kier alpha value is -1.57. The molecule has 1 saturated heterocycles. The van der Waals surface area contributed by atoms with Crippen LogP contribution in [-0.4, -0.2) is 36.6 Å². The van der Waals surface area contributed by atoms with Crippen LogP contribution < -0.4 is 5.32 Å². The number of hydrogen-bond acceptors (Lipinski definition) is 4. The van der Waals surface area contributed by atoms with Gasteiger partial charge >= 0.3 is 13.2 Å². The first-order valence-electron chi connectivity index (χ1n) is 9.18. The van der Waals surface area contributed by atoms with Crippen LogP contribution in [0.25, 0.3) is 6.08 Å². The molecule has 1 amide bonds. The number of halogens is 2. The van der Waals surface area contributed by atoms with Gasteiger partial charge in [0.1, 0.15) is 11.4 Å². The van der Waals surface area contributed by atoms with Crippen LogP contribution in [0, 0.1) is 5.82 Å². The maximum atomic E-state index is 13.5. The van der Waals surface area contributed by atoms with Crippen molar-refractivity contribution in [3.63, 3.8) is 0 Å². The molecule has 1 aromatic carbocycles. The summed E-state index contributed by atoms with van der Waals surface area (Å²) in [5.41, 5.74) is -0.357. The van der Waals surface area contributed by atoms with Crippen LogP contribution in [0.15, 0.2) is 23.7 Å². The van der Waals surface area contributed by atoms with Crippen LogP contribution in [0.3, 0.4) is 0 Å². The number of rotatable bonds is 4. The fraction of sp³-hybridized carbons (Fsp3) is 0.550. The molecule has 5 nitrogen and oxygen atoms in total. The van der Waals surface area contributed by atoms with Gasteiger partial charge in [-0.1, -0.05) is 23.7 Å². The third-order valence-corrected chi connectivity index (χ3v) is 4.98. The molecule has 28 heavy (non-hydrogen) atoms. The van der Waals surface area contributed by atoms with Gasteiger partial charge in [-0.25, -0.2) is 9.18 Å². The van der Waals surface area contributed by atoms with Crippen molar-refractivity contribution in [2.75, 3.05) is 6.54 Å². The van der Waals surface area contributed by atoms with E-state index in [2.05, 4.69) is 5.32 Å². The van der Waals surface area contributed by atoms with Crippen LogP contribution in [0.1, 0.15) is 54.0 Å². The second-order valence-corrected chi connectivity index (χ2v) is 9.24. The lowest BCUT2D eigenvalue weighted by molar-refractivity contribution is 0.00578. The number of amides is 1. The van der Waals surface area contributed by atoms with Gasteiger partial charge < -0.3 is 19.4 Å². The Balaban J connectivity index is 2.27. The average molecular weight is 412 g/mol. The van der Waals surface area contributed by atoms with Crippen molar-refractivity contribution in [1.29, 1.82) is 0 Å². The lowest BCUT2D eigenvalue weighted by Gasteiger charge is -2.32. The summed E-state index contributed by atoms with van der Waals surface area (Å²) < 4.78 is 31.0. The summed E-state index contributed by atoms with van der Waals surface area (Å²) in [6.45, 7) is 13.3. The molecule has 0 aliphatic carbocycles. The van der Waals surface area contributed by atoms with Crippen molar-refractivity contribution < 1.29 is 23.2 Å². The highest BCUT2D eigenvalue weighted by atomic mass is 35.5. The molecule has 0 atom stereocenters. The molecule has 1 heterocycles. The highest BCUT2D eigenvalue weighted by Crippen LogP contribution is 2.38. The fourth-order valence-corrected chi connectivity index (χ4v) is 2.69. The first-order chi connectivity index (χ1) is 12.7. The first-order valence-corrected chi connectivity index (χ1v) is 9.56. The summed E-state index contributed by atoms with van der Waals surface area (Å²) in [7, 11) is -0.677. The Kier molecular flexibility index (Phi) is 6.53. The van der Waals surface area contributed by atoms with E-state index in [-0.39, 0.29) is 11.6 Å². The van der Waals surface area contributed by atoms with Gasteiger partial charge in [-0.2, -0.15) is 0 Å². The van der Waals surface area contributed by atoms with Gasteiger partial charge in [-0.05, 0) is 71.6 Å². The quantitative estimate of drug-likeness (QED) is 0.707. The molecule has 0 radical (unpaired) electrons. The Bertz CT molecular complexity index is 758. The molecule has 1 N–H and O–H groups in total. The van der Waals surface area contributed by atoms with E-state index < -0.39 is 35.8 Å². The molecule has 0 spiro atoms. The molecule has 0 unspecified atom stereocenters. The Morgan fingerprint density at radius 3 is 2.32 bits per heavy atom. The minimum atomic E-state index is -0.677. The zero-order valence-electron chi connectivity index (χ0n) is 17.5. The third kappa shape index (κ3) is 5.72. The highest BCUT2D eigenvalue weighted by molar-refractivity contribution is 6.56. The van der Waals surface area contributed by atoms with Crippen molar-refractivity contribution in [2.24, 2.45) is 0 Å². The van der Waals surface area contributed by atoms with E-state index in [4.69, 9.17) is 25.6 Å². The van der Waals surface area contributed by atoms with Crippen LogP contribution in [0.4, 0.5) is 9.18 Å². The predicted molar refractivity (Wildman–Crippen MR) is 110 cm³/mol. The Labute approximate surface area is 171 Å². The smallest absolute Gasteiger partial charge is 0.444 e. The maximum absolute atomic E-state index is 13.5. The fourth-order valence-electron chi connectivity index (χ4n) is 2.50. The SMILES string of the molecule is CC(C)(C)OC(=O)NCC(=Cc1ccc(F)c(Cl)c1)B1OC(C)(C)C(C)(C)O1. The molecule has 1 aliphatic rings. The van der Waals surface area contributed by atoms with Gasteiger partial charge in [0.15, 0.2) is 0 Å². The van der Waals surface area contributed by atoms with Crippen LogP contribution in [-0.2, 0) is 14.0 Å². The van der Waals surface area contributed by atoms with E-state index in [1.54, 1.807) is 32.9 Å². The first kappa shape index (κ1) is 22.7. The monoisotopic (exact) mass is 411 g/mol. The third-order valence-electron chi connectivity index (χ3n) is 4.69. The van der Waals surface area contributed by atoms with Crippen molar-refractivity contribution in [1.82, 2.24) is 5.32 Å². The number of carbonyl (C=O) groups is 1. The molecule has 0 bridgehead atoms. The molecule has 0 aromatic heterocycles. The van der Waals surface area contributed by atoms with Crippen molar-refractivity contribution >= 4 is 30.9 Å². The molecule has 154 valence electrons. The lowest BCUT2D eigenvalue weighted by atomic mass is 9.77. The number of ether oxygens (including phenoxy) is 1. The second kappa shape index (κ2) is 8.05. The summed E-state index contributed by atoms with van der Waals surface area (Å²) in [6.07, 6.45) is 1.22. The number of nitrogens with one attached hydrogen (secondary N) is 1. The van der Waals surface area contributed by atoms with Gasteiger partial charge in [0.05, 0.1) is 16.2 Å². The molecule has 8 heteroatoms. The normalized spacial score (nSPS) is 18.9. The zero-order chi connectivity index (χ0) is 21.3. The van der Waals surface area contributed by atoms with Gasteiger partial charge in [0.2, 0.25) is 0 Å². The predicted octanol–water partition coefficient (Wildman–Crippen LogP) is 5.02. The van der Waals surface area contributed by atoms with Gasteiger partial charge in [-0.15, -0.1) is 0 Å². The summed E-state index contributed by atoms with van der Waals surface area (Å²) in [4.78, 5) is 12.1. The van der Waals surface area contributed by atoms with Gasteiger partial charge in [-0.3, -0.25) is 0 Å². The zero-order valence-corrected chi connectivity index (χ0v) is 18.2. The molecular formula is C20H28BClFNO4. The molecule has 1 aromatic rings. The summed E-state index contributed by atoms with van der Waals surface area (Å²) in [5, 5.41) is 2.74. The topological polar surface area (TPSA) is 56.8 Å². The van der Waals surface area contributed by atoms with E-state index >= 15 is 0 Å². The summed E-state index contributed by atoms with van der Waals surface area (Å²) in [5.74, 6) is -0.497. The minimum Gasteiger partial charge on any atom is -0.444 e. The highest BCUT2D eigenvalue weighted by Gasteiger charge is 2.52. The number of carbonyl (C=O) groups excluding carboxylic acids is 1. The van der Waals surface area contributed by atoms with Crippen LogP contribution in [0.2, 0.25) is 5.02 Å². The van der Waals surface area contributed by atoms with E-state index in [9.17, 15) is 9.18 Å². The largest absolute Gasteiger partial charge is 0.492 e. The van der Waals surface area contributed by atoms with Crippen LogP contribution >= 0.6 is 11.6 Å². The van der Waals surface area contributed by atoms with Crippen molar-refractivity contribution in [2.45, 2.75) is 65.3 Å². The maximum Gasteiger partial charge on any atom is 0.492 e.